The number of hydrogen-bond donors (Lipinski definition) is 1. The topological polar surface area (TPSA) is 46.5 Å². The number of carbonyl (C=O) groups is 1. The molecular formula is C15H11F17O3. The van der Waals surface area contributed by atoms with Gasteiger partial charge in [0.25, 0.3) is 0 Å². The zero-order valence-corrected chi connectivity index (χ0v) is 16.4. The van der Waals surface area contributed by atoms with E-state index in [2.05, 4.69) is 11.3 Å². The lowest BCUT2D eigenvalue weighted by atomic mass is 9.87. The summed E-state index contributed by atoms with van der Waals surface area (Å²) in [4.78, 5) is 11.1. The van der Waals surface area contributed by atoms with Crippen LogP contribution in [0.4, 0.5) is 74.6 Å². The van der Waals surface area contributed by atoms with Crippen molar-refractivity contribution in [2.75, 3.05) is 6.61 Å². The highest BCUT2D eigenvalue weighted by Crippen LogP contribution is 2.64. The number of aliphatic hydroxyl groups excluding tert-OH is 1. The maximum Gasteiger partial charge on any atom is 0.460 e. The first-order valence-corrected chi connectivity index (χ1v) is 8.20. The van der Waals surface area contributed by atoms with Crippen LogP contribution in [0.25, 0.3) is 0 Å². The van der Waals surface area contributed by atoms with Crippen molar-refractivity contribution in [3.05, 3.63) is 12.2 Å². The van der Waals surface area contributed by atoms with Crippen molar-refractivity contribution in [3.63, 3.8) is 0 Å². The summed E-state index contributed by atoms with van der Waals surface area (Å²) in [7, 11) is 0. The second-order valence-electron chi connectivity index (χ2n) is 6.84. The molecule has 0 aromatic carbocycles. The van der Waals surface area contributed by atoms with Crippen molar-refractivity contribution < 1.29 is 89.3 Å². The molecule has 0 rings (SSSR count). The zero-order valence-electron chi connectivity index (χ0n) is 16.4. The Balaban J connectivity index is 6.58. The van der Waals surface area contributed by atoms with Gasteiger partial charge >= 0.3 is 53.6 Å². The smallest absolute Gasteiger partial charge is 0.456 e. The molecule has 0 radical (unpaired) electrons. The van der Waals surface area contributed by atoms with Crippen LogP contribution in [0.1, 0.15) is 13.3 Å². The fourth-order valence-electron chi connectivity index (χ4n) is 2.01. The Kier molecular flexibility index (Phi) is 8.60. The van der Waals surface area contributed by atoms with E-state index in [-0.39, 0.29) is 0 Å². The molecule has 3 nitrogen and oxygen atoms in total. The molecule has 0 bridgehead atoms. The molecule has 208 valence electrons. The molecule has 1 N–H and O–H groups in total. The Labute approximate surface area is 182 Å². The predicted molar refractivity (Wildman–Crippen MR) is 77.1 cm³/mol. The average molecular weight is 562 g/mol. The lowest BCUT2D eigenvalue weighted by molar-refractivity contribution is -0.462. The normalized spacial score (nSPS) is 16.2. The standard InChI is InChI=1S/C15H11F17O3/c1-5(2)7(34)35-6(4-33)3-8(16,17)9(18,19)10(20,21)11(22,23)12(24,25)13(26,27)14(28,29)15(30,31)32/h6,33H,1,3-4H2,2H3. The minimum atomic E-state index is -8.73. The first-order chi connectivity index (χ1) is 15.0. The van der Waals surface area contributed by atoms with Gasteiger partial charge < -0.3 is 9.84 Å². The lowest BCUT2D eigenvalue weighted by Crippen LogP contribution is -2.74. The number of aliphatic hydroxyl groups is 1. The van der Waals surface area contributed by atoms with Gasteiger partial charge in [-0.2, -0.15) is 74.6 Å². The molecule has 0 aliphatic heterocycles. The monoisotopic (exact) mass is 562 g/mol. The fraction of sp³-hybridized carbons (Fsp3) is 0.800. The van der Waals surface area contributed by atoms with Crippen LogP contribution in [0.2, 0.25) is 0 Å². The summed E-state index contributed by atoms with van der Waals surface area (Å²) < 4.78 is 227. The van der Waals surface area contributed by atoms with Gasteiger partial charge in [0.15, 0.2) is 0 Å². The van der Waals surface area contributed by atoms with E-state index in [0.717, 1.165) is 6.92 Å². The molecule has 0 aromatic rings. The minimum absolute atomic E-state index is 0.692. The van der Waals surface area contributed by atoms with Gasteiger partial charge in [0.1, 0.15) is 6.10 Å². The van der Waals surface area contributed by atoms with Crippen LogP contribution in [-0.4, -0.2) is 71.4 Å². The highest BCUT2D eigenvalue weighted by atomic mass is 19.4. The van der Waals surface area contributed by atoms with E-state index in [4.69, 9.17) is 5.11 Å². The number of esters is 1. The van der Waals surface area contributed by atoms with Gasteiger partial charge in [-0.25, -0.2) is 4.79 Å². The van der Waals surface area contributed by atoms with E-state index < -0.39 is 78.3 Å². The Bertz CT molecular complexity index is 799. The van der Waals surface area contributed by atoms with Crippen molar-refractivity contribution in [2.24, 2.45) is 0 Å². The zero-order chi connectivity index (χ0) is 28.9. The molecule has 0 saturated heterocycles. The van der Waals surface area contributed by atoms with Crippen molar-refractivity contribution >= 4 is 5.97 Å². The average Bonchev–Trinajstić information content (AvgIpc) is 2.64. The molecule has 0 amide bonds. The Hall–Kier alpha value is -2.02. The molecule has 0 aliphatic carbocycles. The van der Waals surface area contributed by atoms with Crippen LogP contribution in [0, 0.1) is 0 Å². The van der Waals surface area contributed by atoms with E-state index in [1.165, 1.54) is 0 Å². The minimum Gasteiger partial charge on any atom is -0.456 e. The van der Waals surface area contributed by atoms with Crippen LogP contribution >= 0.6 is 0 Å². The summed E-state index contributed by atoms with van der Waals surface area (Å²) in [6, 6.07) is 0. The highest BCUT2D eigenvalue weighted by Gasteiger charge is 2.95. The molecule has 20 heteroatoms. The molecule has 0 saturated carbocycles. The van der Waals surface area contributed by atoms with Crippen LogP contribution in [0.15, 0.2) is 12.2 Å². The van der Waals surface area contributed by atoms with Gasteiger partial charge in [-0.1, -0.05) is 6.58 Å². The fourth-order valence-corrected chi connectivity index (χ4v) is 2.01. The van der Waals surface area contributed by atoms with Crippen LogP contribution in [-0.2, 0) is 9.53 Å². The molecule has 35 heavy (non-hydrogen) atoms. The maximum atomic E-state index is 13.8. The second kappa shape index (κ2) is 9.13. The molecule has 0 fully saturated rings. The third kappa shape index (κ3) is 4.98. The first-order valence-electron chi connectivity index (χ1n) is 8.20. The number of ether oxygens (including phenoxy) is 1. The quantitative estimate of drug-likeness (QED) is 0.195. The summed E-state index contributed by atoms with van der Waals surface area (Å²) in [5.41, 5.74) is -0.692. The number of hydrogen-bond acceptors (Lipinski definition) is 3. The van der Waals surface area contributed by atoms with Gasteiger partial charge in [-0.15, -0.1) is 0 Å². The van der Waals surface area contributed by atoms with Crippen molar-refractivity contribution in [3.8, 4) is 0 Å². The van der Waals surface area contributed by atoms with E-state index >= 15 is 0 Å². The third-order valence-corrected chi connectivity index (χ3v) is 4.10. The van der Waals surface area contributed by atoms with E-state index in [1.54, 1.807) is 0 Å². The van der Waals surface area contributed by atoms with Gasteiger partial charge in [0.2, 0.25) is 0 Å². The number of alkyl halides is 17. The van der Waals surface area contributed by atoms with Gasteiger partial charge in [-0.05, 0) is 6.92 Å². The Morgan fingerprint density at radius 3 is 1.29 bits per heavy atom. The Morgan fingerprint density at radius 2 is 1.00 bits per heavy atom. The van der Waals surface area contributed by atoms with Crippen LogP contribution < -0.4 is 0 Å². The summed E-state index contributed by atoms with van der Waals surface area (Å²) in [5, 5.41) is 8.72. The summed E-state index contributed by atoms with van der Waals surface area (Å²) in [6.45, 7) is 1.70. The maximum absolute atomic E-state index is 13.8. The number of rotatable bonds is 11. The lowest BCUT2D eigenvalue weighted by Gasteiger charge is -2.43. The molecule has 0 aliphatic rings. The number of halogens is 17. The third-order valence-electron chi connectivity index (χ3n) is 4.10. The van der Waals surface area contributed by atoms with Crippen molar-refractivity contribution in [2.45, 2.75) is 67.1 Å². The van der Waals surface area contributed by atoms with Crippen molar-refractivity contribution in [1.82, 2.24) is 0 Å². The van der Waals surface area contributed by atoms with Gasteiger partial charge in [0, 0.05) is 5.57 Å². The number of carbonyl (C=O) groups excluding carboxylic acids is 1. The molecule has 1 atom stereocenters. The van der Waals surface area contributed by atoms with Gasteiger partial charge in [0.05, 0.1) is 13.0 Å². The van der Waals surface area contributed by atoms with E-state index in [0.29, 0.717) is 0 Å². The molecule has 0 aromatic heterocycles. The summed E-state index contributed by atoms with van der Waals surface area (Å²) in [5.74, 6) is -59.2. The summed E-state index contributed by atoms with van der Waals surface area (Å²) in [6.07, 6.45) is -13.9. The summed E-state index contributed by atoms with van der Waals surface area (Å²) >= 11 is 0. The molecule has 0 spiro atoms. The first kappa shape index (κ1) is 33.0. The second-order valence-corrected chi connectivity index (χ2v) is 6.84. The highest BCUT2D eigenvalue weighted by molar-refractivity contribution is 5.87. The van der Waals surface area contributed by atoms with Gasteiger partial charge in [-0.3, -0.25) is 0 Å². The van der Waals surface area contributed by atoms with Crippen molar-refractivity contribution in [1.29, 1.82) is 0 Å². The predicted octanol–water partition coefficient (Wildman–Crippen LogP) is 5.87. The van der Waals surface area contributed by atoms with E-state index in [1.807, 2.05) is 0 Å². The molecular weight excluding hydrogens is 551 g/mol. The SMILES string of the molecule is C=C(C)C(=O)OC(CO)CC(F)(F)C(F)(F)C(F)(F)C(F)(F)C(F)(F)C(F)(F)C(F)(F)C(F)(F)F. The van der Waals surface area contributed by atoms with E-state index in [9.17, 15) is 79.4 Å². The largest absolute Gasteiger partial charge is 0.460 e. The van der Waals surface area contributed by atoms with Crippen LogP contribution in [0.3, 0.4) is 0 Å². The Morgan fingerprint density at radius 1 is 0.686 bits per heavy atom. The van der Waals surface area contributed by atoms with Crippen LogP contribution in [0.5, 0.6) is 0 Å². The molecule has 0 heterocycles. The molecule has 1 unspecified atom stereocenters.